The molecule has 0 aromatic heterocycles. The molecule has 73 valence electrons. The Balaban J connectivity index is 2.38. The van der Waals surface area contributed by atoms with Crippen molar-refractivity contribution in [1.82, 2.24) is 0 Å². The maximum atomic E-state index is 13.6. The van der Waals surface area contributed by atoms with Crippen LogP contribution in [-0.4, -0.2) is 14.1 Å². The van der Waals surface area contributed by atoms with Gasteiger partial charge in [-0.25, -0.2) is 4.39 Å². The van der Waals surface area contributed by atoms with E-state index in [9.17, 15) is 4.39 Å². The van der Waals surface area contributed by atoms with E-state index in [0.717, 1.165) is 0 Å². The predicted molar refractivity (Wildman–Crippen MR) is 51.4 cm³/mol. The molecule has 2 rings (SSSR count). The van der Waals surface area contributed by atoms with Crippen molar-refractivity contribution in [3.05, 3.63) is 28.5 Å². The van der Waals surface area contributed by atoms with E-state index < -0.39 is 5.82 Å². The molecule has 0 saturated carbocycles. The van der Waals surface area contributed by atoms with E-state index in [1.807, 2.05) is 0 Å². The number of nitrogens with two attached hydrogens (primary N) is 1. The molecule has 0 spiro atoms. The lowest BCUT2D eigenvalue weighted by atomic mass is 9.76. The van der Waals surface area contributed by atoms with E-state index in [2.05, 4.69) is 9.69 Å². The lowest BCUT2D eigenvalue weighted by Gasteiger charge is -2.09. The summed E-state index contributed by atoms with van der Waals surface area (Å²) in [5.74, 6) is -0.741. The van der Waals surface area contributed by atoms with E-state index in [0.29, 0.717) is 5.56 Å². The summed E-state index contributed by atoms with van der Waals surface area (Å²) in [4.78, 5) is 9.21. The first kappa shape index (κ1) is 9.77. The second kappa shape index (κ2) is 3.77. The highest BCUT2D eigenvalue weighted by atomic mass is 35.5. The van der Waals surface area contributed by atoms with E-state index in [1.54, 1.807) is 12.1 Å². The molecule has 1 aromatic carbocycles. The molecule has 0 bridgehead atoms. The minimum Gasteiger partial charge on any atom is -0.397 e. The van der Waals surface area contributed by atoms with Crippen LogP contribution in [-0.2, 0) is 9.69 Å². The first-order chi connectivity index (χ1) is 6.70. The third kappa shape index (κ3) is 1.58. The van der Waals surface area contributed by atoms with Crippen LogP contribution in [0.2, 0.25) is 5.02 Å². The first-order valence-electron chi connectivity index (χ1n) is 4.05. The standard InChI is InChI=1S/C8H7BClFNO2/c10-7-6(12)2-1-4(8(7)11)5-3-13-14-9-5/h1-2,5H,3,12H2. The van der Waals surface area contributed by atoms with Gasteiger partial charge in [-0.05, 0) is 11.6 Å². The molecule has 1 aliphatic rings. The highest BCUT2D eigenvalue weighted by Crippen LogP contribution is 2.30. The summed E-state index contributed by atoms with van der Waals surface area (Å²) < 4.78 is 13.6. The van der Waals surface area contributed by atoms with Crippen LogP contribution in [0.25, 0.3) is 0 Å². The van der Waals surface area contributed by atoms with E-state index in [-0.39, 0.29) is 23.1 Å². The molecule has 1 atom stereocenters. The lowest BCUT2D eigenvalue weighted by Crippen LogP contribution is -2.08. The zero-order valence-electron chi connectivity index (χ0n) is 7.17. The predicted octanol–water partition coefficient (Wildman–Crippen LogP) is 1.68. The lowest BCUT2D eigenvalue weighted by molar-refractivity contribution is -0.183. The number of hydrogen-bond acceptors (Lipinski definition) is 3. The van der Waals surface area contributed by atoms with Gasteiger partial charge in [0.05, 0.1) is 17.3 Å². The molecule has 2 N–H and O–H groups in total. The van der Waals surface area contributed by atoms with Crippen LogP contribution in [0.15, 0.2) is 12.1 Å². The summed E-state index contributed by atoms with van der Waals surface area (Å²) in [7, 11) is 1.42. The molecular weight excluding hydrogens is 207 g/mol. The highest BCUT2D eigenvalue weighted by molar-refractivity contribution is 6.34. The highest BCUT2D eigenvalue weighted by Gasteiger charge is 2.26. The zero-order valence-corrected chi connectivity index (χ0v) is 7.92. The molecule has 1 unspecified atom stereocenters. The van der Waals surface area contributed by atoms with Crippen molar-refractivity contribution in [3.8, 4) is 0 Å². The number of halogens is 2. The van der Waals surface area contributed by atoms with Gasteiger partial charge in [-0.1, -0.05) is 17.7 Å². The summed E-state index contributed by atoms with van der Waals surface area (Å²) >= 11 is 5.67. The Kier molecular flexibility index (Phi) is 2.63. The third-order valence-electron chi connectivity index (χ3n) is 2.08. The number of hydrogen-bond donors (Lipinski definition) is 1. The summed E-state index contributed by atoms with van der Waals surface area (Å²) in [6, 6.07) is 3.14. The van der Waals surface area contributed by atoms with Gasteiger partial charge in [0.1, 0.15) is 5.82 Å². The Morgan fingerprint density at radius 3 is 3.00 bits per heavy atom. The molecule has 1 fully saturated rings. The van der Waals surface area contributed by atoms with Crippen molar-refractivity contribution in [2.45, 2.75) is 5.82 Å². The Labute approximate surface area is 86.1 Å². The summed E-state index contributed by atoms with van der Waals surface area (Å²) in [5.41, 5.74) is 6.11. The average molecular weight is 214 g/mol. The zero-order chi connectivity index (χ0) is 10.1. The van der Waals surface area contributed by atoms with Gasteiger partial charge in [0.15, 0.2) is 0 Å². The summed E-state index contributed by atoms with van der Waals surface area (Å²) in [6.07, 6.45) is 0. The Morgan fingerprint density at radius 2 is 2.36 bits per heavy atom. The van der Waals surface area contributed by atoms with Gasteiger partial charge in [0.25, 0.3) is 0 Å². The topological polar surface area (TPSA) is 44.5 Å². The van der Waals surface area contributed by atoms with Crippen LogP contribution < -0.4 is 5.73 Å². The number of anilines is 1. The minimum absolute atomic E-state index is 0.0530. The van der Waals surface area contributed by atoms with Crippen LogP contribution in [0.3, 0.4) is 0 Å². The van der Waals surface area contributed by atoms with Gasteiger partial charge in [-0.2, -0.15) is 0 Å². The maximum Gasteiger partial charge on any atom is 0.354 e. The molecule has 1 aliphatic heterocycles. The molecule has 14 heavy (non-hydrogen) atoms. The second-order valence-electron chi connectivity index (χ2n) is 3.00. The normalized spacial score (nSPS) is 20.9. The molecule has 1 saturated heterocycles. The number of nitrogen functional groups attached to an aromatic ring is 1. The Hall–Kier alpha value is -0.775. The Bertz CT molecular complexity index is 357. The smallest absolute Gasteiger partial charge is 0.354 e. The van der Waals surface area contributed by atoms with Crippen LogP contribution >= 0.6 is 11.6 Å². The first-order valence-corrected chi connectivity index (χ1v) is 4.43. The van der Waals surface area contributed by atoms with Crippen LogP contribution in [0.5, 0.6) is 0 Å². The van der Waals surface area contributed by atoms with E-state index >= 15 is 0 Å². The summed E-state index contributed by atoms with van der Waals surface area (Å²) in [6.45, 7) is 0.289. The van der Waals surface area contributed by atoms with Gasteiger partial charge in [-0.3, -0.25) is 4.89 Å². The Morgan fingerprint density at radius 1 is 1.57 bits per heavy atom. The summed E-state index contributed by atoms with van der Waals surface area (Å²) in [5, 5.41) is -0.0530. The van der Waals surface area contributed by atoms with Crippen LogP contribution in [0, 0.1) is 5.82 Å². The van der Waals surface area contributed by atoms with Gasteiger partial charge in [0.2, 0.25) is 0 Å². The molecule has 0 amide bonds. The average Bonchev–Trinajstić information content (AvgIpc) is 2.67. The van der Waals surface area contributed by atoms with Crippen molar-refractivity contribution in [2.75, 3.05) is 12.3 Å². The number of benzene rings is 1. The molecule has 3 nitrogen and oxygen atoms in total. The molecule has 0 aliphatic carbocycles. The quantitative estimate of drug-likeness (QED) is 0.439. The van der Waals surface area contributed by atoms with Crippen LogP contribution in [0.1, 0.15) is 11.4 Å². The SMILES string of the molecule is Nc1ccc(C2[B]OOC2)c(F)c1Cl. The maximum absolute atomic E-state index is 13.6. The monoisotopic (exact) mass is 214 g/mol. The third-order valence-corrected chi connectivity index (χ3v) is 2.46. The van der Waals surface area contributed by atoms with E-state index in [1.165, 1.54) is 7.48 Å². The van der Waals surface area contributed by atoms with E-state index in [4.69, 9.17) is 17.3 Å². The minimum atomic E-state index is -0.512. The van der Waals surface area contributed by atoms with Gasteiger partial charge >= 0.3 is 7.48 Å². The van der Waals surface area contributed by atoms with Crippen molar-refractivity contribution in [1.29, 1.82) is 0 Å². The number of rotatable bonds is 1. The molecule has 1 aromatic rings. The van der Waals surface area contributed by atoms with Crippen molar-refractivity contribution < 1.29 is 14.1 Å². The fraction of sp³-hybridized carbons (Fsp3) is 0.250. The molecular formula is C8H7BClFNO2. The molecule has 6 heteroatoms. The second-order valence-corrected chi connectivity index (χ2v) is 3.37. The van der Waals surface area contributed by atoms with Crippen LogP contribution in [0.4, 0.5) is 10.1 Å². The van der Waals surface area contributed by atoms with Gasteiger partial charge in [0, 0.05) is 5.82 Å². The van der Waals surface area contributed by atoms with Gasteiger partial charge in [-0.15, -0.1) is 0 Å². The van der Waals surface area contributed by atoms with Crippen molar-refractivity contribution >= 4 is 24.8 Å². The molecule has 1 radical (unpaired) electrons. The fourth-order valence-corrected chi connectivity index (χ4v) is 1.46. The fourth-order valence-electron chi connectivity index (χ4n) is 1.29. The van der Waals surface area contributed by atoms with Crippen molar-refractivity contribution in [3.63, 3.8) is 0 Å². The van der Waals surface area contributed by atoms with Crippen molar-refractivity contribution in [2.24, 2.45) is 0 Å². The largest absolute Gasteiger partial charge is 0.397 e. The molecule has 1 heterocycles. The van der Waals surface area contributed by atoms with Gasteiger partial charge < -0.3 is 10.5 Å².